The summed E-state index contributed by atoms with van der Waals surface area (Å²) >= 11 is 14.3. The number of aromatic hydroxyl groups is 1. The average molecular weight is 868 g/mol. The number of benzene rings is 4. The van der Waals surface area contributed by atoms with E-state index in [0.29, 0.717) is 5.56 Å². The van der Waals surface area contributed by atoms with Gasteiger partial charge in [0.1, 0.15) is 5.69 Å². The molecule has 2 aliphatic carbocycles. The largest absolute Gasteiger partial charge is 0.502 e. The highest BCUT2D eigenvalue weighted by Gasteiger charge is 2.76. The number of allylic oxidation sites excluding steroid dienone is 3. The SMILES string of the molecule is COc1cc(C=C[C@H]2C3=CC[C@@H]4C(=O)N(c5ccc(C(=O)c6ccccc6)cc5)C(=O)[C@@H]4[C@@H]3C[C@@]3(Cl)C(=O)N(c4c(F)c(F)c(F)c(F)c4F)C(=O)[C@@]23Cl)cc(OC)c1O. The van der Waals surface area contributed by atoms with E-state index in [2.05, 4.69) is 0 Å². The number of carbonyl (C=O) groups is 5. The zero-order valence-corrected chi connectivity index (χ0v) is 32.7. The first-order valence-electron chi connectivity index (χ1n) is 18.2. The predicted molar refractivity (Wildman–Crippen MR) is 206 cm³/mol. The molecule has 3 fully saturated rings. The van der Waals surface area contributed by atoms with Crippen LogP contribution in [0.3, 0.4) is 0 Å². The van der Waals surface area contributed by atoms with Crippen molar-refractivity contribution < 1.29 is 60.5 Å². The maximum atomic E-state index is 15.4. The summed E-state index contributed by atoms with van der Waals surface area (Å²) < 4.78 is 84.5. The van der Waals surface area contributed by atoms with Crippen LogP contribution in [-0.4, -0.2) is 58.5 Å². The topological polar surface area (TPSA) is 131 Å². The molecule has 4 amide bonds. The third-order valence-electron chi connectivity index (χ3n) is 11.7. The second-order valence-electron chi connectivity index (χ2n) is 14.6. The number of phenolic OH excluding ortho intramolecular Hbond substituents is 1. The maximum Gasteiger partial charge on any atom is 0.258 e. The zero-order valence-electron chi connectivity index (χ0n) is 31.2. The molecule has 2 aliphatic heterocycles. The Labute approximate surface area is 347 Å². The van der Waals surface area contributed by atoms with E-state index in [1.807, 2.05) is 0 Å². The van der Waals surface area contributed by atoms with Crippen molar-refractivity contribution in [3.63, 3.8) is 0 Å². The smallest absolute Gasteiger partial charge is 0.258 e. The molecule has 0 aromatic heterocycles. The fraction of sp³-hybridized carbons (Fsp3) is 0.233. The number of methoxy groups -OCH3 is 2. The van der Waals surface area contributed by atoms with Crippen LogP contribution in [0.2, 0.25) is 0 Å². The van der Waals surface area contributed by atoms with E-state index >= 15 is 8.78 Å². The standard InChI is InChI=1S/C43H29Cl2F5N2O8/c1-59-27-16-19(17-28(60-2)37(27)54)8-15-26-23-13-14-24-29(39(56)51(38(24)55)22-11-9-21(10-12-22)36(53)20-6-4-3-5-7-20)25(23)18-42(44)40(57)52(41(58)43(26,42)45)35-33(49)31(47)30(46)32(48)34(35)50/h3-13,15-17,24-26,29,54H,14,18H2,1-2H3/t24-,25+,26-,29-,42+,43-/m0/s1. The summed E-state index contributed by atoms with van der Waals surface area (Å²) in [5.74, 6) is -22.7. The fourth-order valence-electron chi connectivity index (χ4n) is 8.80. The third-order valence-corrected chi connectivity index (χ3v) is 13.1. The number of ketones is 1. The van der Waals surface area contributed by atoms with E-state index in [1.165, 1.54) is 62.8 Å². The van der Waals surface area contributed by atoms with Crippen molar-refractivity contribution in [3.8, 4) is 17.2 Å². The van der Waals surface area contributed by atoms with Gasteiger partial charge in [-0.2, -0.15) is 0 Å². The lowest BCUT2D eigenvalue weighted by Crippen LogP contribution is -2.60. The first-order chi connectivity index (χ1) is 28.5. The number of fused-ring (bicyclic) bond motifs is 4. The van der Waals surface area contributed by atoms with Crippen molar-refractivity contribution in [3.05, 3.63) is 130 Å². The first kappa shape index (κ1) is 40.7. The quantitative estimate of drug-likeness (QED) is 0.0364. The van der Waals surface area contributed by atoms with Crippen LogP contribution >= 0.6 is 23.2 Å². The van der Waals surface area contributed by atoms with Gasteiger partial charge in [-0.15, -0.1) is 23.2 Å². The van der Waals surface area contributed by atoms with E-state index in [4.69, 9.17) is 32.7 Å². The number of anilines is 2. The van der Waals surface area contributed by atoms with Crippen LogP contribution in [0.5, 0.6) is 17.2 Å². The third kappa shape index (κ3) is 5.69. The molecule has 1 saturated carbocycles. The molecule has 1 N–H and O–H groups in total. The summed E-state index contributed by atoms with van der Waals surface area (Å²) in [5.41, 5.74) is -0.583. The van der Waals surface area contributed by atoms with Gasteiger partial charge in [-0.3, -0.25) is 28.9 Å². The van der Waals surface area contributed by atoms with Crippen LogP contribution in [0.4, 0.5) is 33.3 Å². The lowest BCUT2D eigenvalue weighted by atomic mass is 9.57. The molecular formula is C43H29Cl2F5N2O8. The van der Waals surface area contributed by atoms with Gasteiger partial charge in [0.25, 0.3) is 11.8 Å². The predicted octanol–water partition coefficient (Wildman–Crippen LogP) is 7.65. The number of ether oxygens (including phenoxy) is 2. The number of hydrogen-bond acceptors (Lipinski definition) is 8. The summed E-state index contributed by atoms with van der Waals surface area (Å²) in [6, 6.07) is 16.9. The number of rotatable bonds is 8. The van der Waals surface area contributed by atoms with E-state index in [-0.39, 0.29) is 56.7 Å². The molecule has 2 heterocycles. The molecule has 0 radical (unpaired) electrons. The average Bonchev–Trinajstić information content (AvgIpc) is 3.59. The molecule has 2 saturated heterocycles. The van der Waals surface area contributed by atoms with Crippen LogP contribution in [0.25, 0.3) is 6.08 Å². The number of alkyl halides is 2. The van der Waals surface area contributed by atoms with Crippen LogP contribution in [0, 0.1) is 52.8 Å². The minimum absolute atomic E-state index is 0.0419. The molecule has 0 spiro atoms. The Kier molecular flexibility index (Phi) is 9.90. The van der Waals surface area contributed by atoms with Crippen molar-refractivity contribution in [2.45, 2.75) is 22.6 Å². The maximum absolute atomic E-state index is 15.4. The van der Waals surface area contributed by atoms with Crippen LogP contribution < -0.4 is 19.3 Å². The van der Waals surface area contributed by atoms with Gasteiger partial charge in [0.2, 0.25) is 23.4 Å². The van der Waals surface area contributed by atoms with E-state index < -0.39 is 98.2 Å². The van der Waals surface area contributed by atoms with Gasteiger partial charge in [-0.1, -0.05) is 54.1 Å². The number of nitrogens with zero attached hydrogens (tertiary/aromatic N) is 2. The van der Waals surface area contributed by atoms with Gasteiger partial charge >= 0.3 is 0 Å². The van der Waals surface area contributed by atoms with Crippen molar-refractivity contribution in [1.29, 1.82) is 0 Å². The molecular weight excluding hydrogens is 838 g/mol. The molecule has 10 nitrogen and oxygen atoms in total. The Morgan fingerprint density at radius 1 is 0.767 bits per heavy atom. The van der Waals surface area contributed by atoms with E-state index in [0.717, 1.165) is 4.90 Å². The second-order valence-corrected chi connectivity index (χ2v) is 15.9. The highest BCUT2D eigenvalue weighted by atomic mass is 35.5. The van der Waals surface area contributed by atoms with E-state index in [1.54, 1.807) is 36.4 Å². The number of hydrogen-bond donors (Lipinski definition) is 1. The second kappa shape index (κ2) is 14.6. The minimum atomic E-state index is -2.73. The summed E-state index contributed by atoms with van der Waals surface area (Å²) in [7, 11) is 2.54. The molecule has 0 bridgehead atoms. The molecule has 308 valence electrons. The number of carbonyl (C=O) groups excluding carboxylic acids is 5. The van der Waals surface area contributed by atoms with Gasteiger partial charge in [0.05, 0.1) is 31.7 Å². The van der Waals surface area contributed by atoms with Crippen LogP contribution in [0.1, 0.15) is 34.3 Å². The van der Waals surface area contributed by atoms with Gasteiger partial charge in [-0.25, -0.2) is 26.9 Å². The summed E-state index contributed by atoms with van der Waals surface area (Å²) in [5, 5.41) is 10.5. The Morgan fingerprint density at radius 3 is 1.92 bits per heavy atom. The Morgan fingerprint density at radius 2 is 1.33 bits per heavy atom. The summed E-state index contributed by atoms with van der Waals surface area (Å²) in [4.78, 5) is 65.8. The Balaban J connectivity index is 1.23. The monoisotopic (exact) mass is 866 g/mol. The van der Waals surface area contributed by atoms with Crippen LogP contribution in [0.15, 0.2) is 84.5 Å². The number of halogens is 7. The van der Waals surface area contributed by atoms with Gasteiger partial charge < -0.3 is 14.6 Å². The normalized spacial score (nSPS) is 26.0. The lowest BCUT2D eigenvalue weighted by Gasteiger charge is -2.49. The molecule has 8 rings (SSSR count). The fourth-order valence-corrected chi connectivity index (χ4v) is 9.70. The van der Waals surface area contributed by atoms with Crippen molar-refractivity contribution >= 4 is 70.1 Å². The number of phenols is 1. The molecule has 6 atom stereocenters. The van der Waals surface area contributed by atoms with Crippen molar-refractivity contribution in [2.24, 2.45) is 23.7 Å². The summed E-state index contributed by atoms with van der Waals surface area (Å²) in [6.45, 7) is 0. The minimum Gasteiger partial charge on any atom is -0.502 e. The molecule has 4 aromatic rings. The van der Waals surface area contributed by atoms with Gasteiger partial charge in [0.15, 0.2) is 50.3 Å². The molecule has 60 heavy (non-hydrogen) atoms. The molecule has 4 aromatic carbocycles. The highest BCUT2D eigenvalue weighted by Crippen LogP contribution is 2.64. The molecule has 0 unspecified atom stereocenters. The first-order valence-corrected chi connectivity index (χ1v) is 19.0. The van der Waals surface area contributed by atoms with Crippen LogP contribution in [-0.2, 0) is 19.2 Å². The highest BCUT2D eigenvalue weighted by molar-refractivity contribution is 6.58. The van der Waals surface area contributed by atoms with Gasteiger partial charge in [-0.05, 0) is 60.7 Å². The van der Waals surface area contributed by atoms with Crippen molar-refractivity contribution in [2.75, 3.05) is 24.0 Å². The van der Waals surface area contributed by atoms with Gasteiger partial charge in [0, 0.05) is 17.0 Å². The molecule has 4 aliphatic rings. The number of imide groups is 2. The van der Waals surface area contributed by atoms with E-state index in [9.17, 15) is 42.3 Å². The Hall–Kier alpha value is -6.06. The van der Waals surface area contributed by atoms with Crippen molar-refractivity contribution in [1.82, 2.24) is 0 Å². The Bertz CT molecular complexity index is 2570. The summed E-state index contributed by atoms with van der Waals surface area (Å²) in [6.07, 6.45) is 3.46. The number of amides is 4. The molecule has 17 heteroatoms. The lowest BCUT2D eigenvalue weighted by molar-refractivity contribution is -0.125. The zero-order chi connectivity index (χ0) is 43.2.